The van der Waals surface area contributed by atoms with E-state index in [4.69, 9.17) is 0 Å². The minimum Gasteiger partial charge on any atom is -0.306 e. The molecule has 0 amide bonds. The lowest BCUT2D eigenvalue weighted by atomic mass is 9.91. The SMILES string of the molecule is CCC1CC(=O)CC(c2ccc(C)cc2)N1. The molecule has 2 atom stereocenters. The molecule has 1 aliphatic heterocycles. The minimum absolute atomic E-state index is 0.215. The van der Waals surface area contributed by atoms with Crippen LogP contribution in [0.5, 0.6) is 0 Å². The van der Waals surface area contributed by atoms with E-state index < -0.39 is 0 Å². The third-order valence-electron chi connectivity index (χ3n) is 3.32. The molecule has 1 aromatic rings. The summed E-state index contributed by atoms with van der Waals surface area (Å²) in [5.74, 6) is 0.385. The van der Waals surface area contributed by atoms with E-state index >= 15 is 0 Å². The van der Waals surface area contributed by atoms with Crippen LogP contribution >= 0.6 is 0 Å². The summed E-state index contributed by atoms with van der Waals surface area (Å²) in [4.78, 5) is 11.6. The van der Waals surface area contributed by atoms with E-state index in [1.54, 1.807) is 0 Å². The van der Waals surface area contributed by atoms with Crippen LogP contribution in [0.15, 0.2) is 24.3 Å². The molecule has 1 fully saturated rings. The highest BCUT2D eigenvalue weighted by atomic mass is 16.1. The molecule has 1 N–H and O–H groups in total. The van der Waals surface area contributed by atoms with E-state index in [-0.39, 0.29) is 6.04 Å². The van der Waals surface area contributed by atoms with Crippen molar-refractivity contribution in [3.05, 3.63) is 35.4 Å². The molecule has 0 bridgehead atoms. The van der Waals surface area contributed by atoms with Crippen molar-refractivity contribution in [1.29, 1.82) is 0 Å². The maximum absolute atomic E-state index is 11.6. The second-order valence-electron chi connectivity index (χ2n) is 4.68. The van der Waals surface area contributed by atoms with Gasteiger partial charge in [0.1, 0.15) is 5.78 Å². The monoisotopic (exact) mass is 217 g/mol. The van der Waals surface area contributed by atoms with E-state index in [1.807, 2.05) is 0 Å². The van der Waals surface area contributed by atoms with Gasteiger partial charge < -0.3 is 5.32 Å². The number of piperidine rings is 1. The first kappa shape index (κ1) is 11.3. The first-order valence-electron chi connectivity index (χ1n) is 6.03. The highest BCUT2D eigenvalue weighted by Gasteiger charge is 2.26. The molecule has 0 radical (unpaired) electrons. The van der Waals surface area contributed by atoms with Gasteiger partial charge in [0.25, 0.3) is 0 Å². The molecule has 2 heteroatoms. The van der Waals surface area contributed by atoms with Gasteiger partial charge in [0.2, 0.25) is 0 Å². The Hall–Kier alpha value is -1.15. The first-order chi connectivity index (χ1) is 7.69. The van der Waals surface area contributed by atoms with E-state index in [2.05, 4.69) is 43.4 Å². The Bertz CT molecular complexity index is 369. The van der Waals surface area contributed by atoms with Crippen LogP contribution in [0, 0.1) is 6.92 Å². The number of hydrogen-bond donors (Lipinski definition) is 1. The first-order valence-corrected chi connectivity index (χ1v) is 6.03. The topological polar surface area (TPSA) is 29.1 Å². The van der Waals surface area contributed by atoms with Crippen LogP contribution in [0.2, 0.25) is 0 Å². The Morgan fingerprint density at radius 1 is 1.25 bits per heavy atom. The molecule has 1 aliphatic rings. The number of hydrogen-bond acceptors (Lipinski definition) is 2. The number of rotatable bonds is 2. The summed E-state index contributed by atoms with van der Waals surface area (Å²) in [6.07, 6.45) is 2.35. The van der Waals surface area contributed by atoms with Crippen molar-refractivity contribution in [3.63, 3.8) is 0 Å². The maximum atomic E-state index is 11.6. The lowest BCUT2D eigenvalue weighted by Gasteiger charge is -2.30. The Labute approximate surface area is 97.1 Å². The van der Waals surface area contributed by atoms with Gasteiger partial charge in [0.05, 0.1) is 0 Å². The standard InChI is InChI=1S/C14H19NO/c1-3-12-8-13(16)9-14(15-12)11-6-4-10(2)5-7-11/h4-7,12,14-15H,3,8-9H2,1-2H3. The van der Waals surface area contributed by atoms with Crippen LogP contribution in [-0.4, -0.2) is 11.8 Å². The van der Waals surface area contributed by atoms with Gasteiger partial charge in [-0.15, -0.1) is 0 Å². The van der Waals surface area contributed by atoms with Gasteiger partial charge in [-0.05, 0) is 18.9 Å². The van der Waals surface area contributed by atoms with Crippen molar-refractivity contribution in [3.8, 4) is 0 Å². The fraction of sp³-hybridized carbons (Fsp3) is 0.500. The average molecular weight is 217 g/mol. The lowest BCUT2D eigenvalue weighted by Crippen LogP contribution is -2.40. The van der Waals surface area contributed by atoms with Crippen molar-refractivity contribution in [2.24, 2.45) is 0 Å². The van der Waals surface area contributed by atoms with Crippen LogP contribution in [0.1, 0.15) is 43.4 Å². The summed E-state index contributed by atoms with van der Waals surface area (Å²) >= 11 is 0. The van der Waals surface area contributed by atoms with Crippen molar-refractivity contribution in [1.82, 2.24) is 5.32 Å². The number of benzene rings is 1. The fourth-order valence-electron chi connectivity index (χ4n) is 2.26. The highest BCUT2D eigenvalue weighted by molar-refractivity contribution is 5.80. The molecule has 0 saturated carbocycles. The zero-order valence-electron chi connectivity index (χ0n) is 9.99. The summed E-state index contributed by atoms with van der Waals surface area (Å²) < 4.78 is 0. The molecule has 2 nitrogen and oxygen atoms in total. The van der Waals surface area contributed by atoms with Crippen molar-refractivity contribution < 1.29 is 4.79 Å². The number of Topliss-reactive ketones (excluding diaryl/α,β-unsaturated/α-hetero) is 1. The second kappa shape index (κ2) is 4.79. The molecule has 2 rings (SSSR count). The molecule has 1 aromatic carbocycles. The van der Waals surface area contributed by atoms with Crippen molar-refractivity contribution in [2.75, 3.05) is 0 Å². The van der Waals surface area contributed by atoms with E-state index in [1.165, 1.54) is 11.1 Å². The van der Waals surface area contributed by atoms with Crippen molar-refractivity contribution >= 4 is 5.78 Å². The smallest absolute Gasteiger partial charge is 0.136 e. The lowest BCUT2D eigenvalue weighted by molar-refractivity contribution is -0.121. The third-order valence-corrected chi connectivity index (χ3v) is 3.32. The van der Waals surface area contributed by atoms with E-state index in [0.29, 0.717) is 24.7 Å². The highest BCUT2D eigenvalue weighted by Crippen LogP contribution is 2.24. The molecular formula is C14H19NO. The Kier molecular flexibility index (Phi) is 3.39. The summed E-state index contributed by atoms with van der Waals surface area (Å²) in [6, 6.07) is 9.03. The molecule has 86 valence electrons. The van der Waals surface area contributed by atoms with Crippen LogP contribution in [0.25, 0.3) is 0 Å². The van der Waals surface area contributed by atoms with Gasteiger partial charge >= 0.3 is 0 Å². The van der Waals surface area contributed by atoms with E-state index in [0.717, 1.165) is 6.42 Å². The van der Waals surface area contributed by atoms with Gasteiger partial charge in [-0.1, -0.05) is 36.8 Å². The molecule has 16 heavy (non-hydrogen) atoms. The van der Waals surface area contributed by atoms with Crippen LogP contribution in [0.3, 0.4) is 0 Å². The predicted molar refractivity (Wildman–Crippen MR) is 65.4 cm³/mol. The molecule has 0 aliphatic carbocycles. The molecule has 0 aromatic heterocycles. The number of carbonyl (C=O) groups is 1. The van der Waals surface area contributed by atoms with Crippen LogP contribution < -0.4 is 5.32 Å². The number of ketones is 1. The van der Waals surface area contributed by atoms with Gasteiger partial charge in [0.15, 0.2) is 0 Å². The third kappa shape index (κ3) is 2.50. The number of carbonyl (C=O) groups excluding carboxylic acids is 1. The Morgan fingerprint density at radius 2 is 1.94 bits per heavy atom. The van der Waals surface area contributed by atoms with Gasteiger partial charge in [0, 0.05) is 24.9 Å². The molecule has 1 heterocycles. The Balaban J connectivity index is 2.14. The van der Waals surface area contributed by atoms with Gasteiger partial charge in [-0.25, -0.2) is 0 Å². The number of nitrogens with one attached hydrogen (secondary N) is 1. The minimum atomic E-state index is 0.215. The van der Waals surface area contributed by atoms with Crippen LogP contribution in [0.4, 0.5) is 0 Å². The van der Waals surface area contributed by atoms with Gasteiger partial charge in [-0.2, -0.15) is 0 Å². The molecular weight excluding hydrogens is 198 g/mol. The summed E-state index contributed by atoms with van der Waals surface area (Å²) in [6.45, 7) is 4.21. The largest absolute Gasteiger partial charge is 0.306 e. The van der Waals surface area contributed by atoms with Crippen molar-refractivity contribution in [2.45, 2.75) is 45.2 Å². The Morgan fingerprint density at radius 3 is 2.56 bits per heavy atom. The van der Waals surface area contributed by atoms with E-state index in [9.17, 15) is 4.79 Å². The van der Waals surface area contributed by atoms with Gasteiger partial charge in [-0.3, -0.25) is 4.79 Å². The molecule has 0 spiro atoms. The summed E-state index contributed by atoms with van der Waals surface area (Å²) in [5, 5.41) is 3.55. The quantitative estimate of drug-likeness (QED) is 0.825. The molecule has 2 unspecified atom stereocenters. The normalized spacial score (nSPS) is 25.8. The number of aryl methyl sites for hydroxylation is 1. The van der Waals surface area contributed by atoms with Crippen LogP contribution in [-0.2, 0) is 4.79 Å². The zero-order valence-corrected chi connectivity index (χ0v) is 9.99. The maximum Gasteiger partial charge on any atom is 0.136 e. The fourth-order valence-corrected chi connectivity index (χ4v) is 2.26. The zero-order chi connectivity index (χ0) is 11.5. The average Bonchev–Trinajstić information content (AvgIpc) is 2.29. The predicted octanol–water partition coefficient (Wildman–Crippen LogP) is 2.77. The second-order valence-corrected chi connectivity index (χ2v) is 4.68. The molecule has 1 saturated heterocycles. The summed E-state index contributed by atoms with van der Waals surface area (Å²) in [7, 11) is 0. The summed E-state index contributed by atoms with van der Waals surface area (Å²) in [5.41, 5.74) is 2.50.